The molecule has 26 heavy (non-hydrogen) atoms. The van der Waals surface area contributed by atoms with Gasteiger partial charge >= 0.3 is 0 Å². The first-order valence-corrected chi connectivity index (χ1v) is 8.64. The van der Waals surface area contributed by atoms with Gasteiger partial charge in [-0.3, -0.25) is 9.78 Å². The molecule has 1 fully saturated rings. The molecular weight excluding hydrogens is 323 g/mol. The molecule has 128 valence electrons. The van der Waals surface area contributed by atoms with Crippen LogP contribution in [-0.2, 0) is 5.54 Å². The number of nitrogens with one attached hydrogen (secondary N) is 1. The fraction of sp³-hybridized carbons (Fsp3) is 0.238. The van der Waals surface area contributed by atoms with Crippen molar-refractivity contribution in [3.63, 3.8) is 0 Å². The summed E-state index contributed by atoms with van der Waals surface area (Å²) in [5.41, 5.74) is 3.70. The highest BCUT2D eigenvalue weighted by atomic mass is 16.5. The van der Waals surface area contributed by atoms with Gasteiger partial charge in [0.05, 0.1) is 18.2 Å². The van der Waals surface area contributed by atoms with E-state index >= 15 is 0 Å². The van der Waals surface area contributed by atoms with Crippen LogP contribution in [0.15, 0.2) is 48.7 Å². The van der Waals surface area contributed by atoms with Gasteiger partial charge in [0.25, 0.3) is 5.91 Å². The number of aromatic nitrogens is 1. The van der Waals surface area contributed by atoms with Crippen LogP contribution in [0.1, 0.15) is 34.3 Å². The Morgan fingerprint density at radius 2 is 2.04 bits per heavy atom. The van der Waals surface area contributed by atoms with Crippen molar-refractivity contribution >= 4 is 30.1 Å². The van der Waals surface area contributed by atoms with E-state index in [1.807, 2.05) is 43.3 Å². The number of rotatable bonds is 4. The topological polar surface area (TPSA) is 51.2 Å². The molecule has 0 spiro atoms. The maximum absolute atomic E-state index is 13.0. The van der Waals surface area contributed by atoms with E-state index in [-0.39, 0.29) is 11.4 Å². The van der Waals surface area contributed by atoms with Crippen molar-refractivity contribution in [2.75, 3.05) is 7.11 Å². The quantitative estimate of drug-likeness (QED) is 0.742. The van der Waals surface area contributed by atoms with E-state index < -0.39 is 0 Å². The largest absolute Gasteiger partial charge is 0.497 e. The summed E-state index contributed by atoms with van der Waals surface area (Å²) in [6, 6.07) is 13.3. The van der Waals surface area contributed by atoms with E-state index in [0.29, 0.717) is 16.8 Å². The summed E-state index contributed by atoms with van der Waals surface area (Å²) in [5.74, 6) is 0.572. The second-order valence-electron chi connectivity index (χ2n) is 6.86. The molecule has 2 aromatic carbocycles. The van der Waals surface area contributed by atoms with Crippen molar-refractivity contribution in [2.45, 2.75) is 25.3 Å². The van der Waals surface area contributed by atoms with Gasteiger partial charge in [0.1, 0.15) is 13.6 Å². The zero-order valence-corrected chi connectivity index (χ0v) is 14.9. The summed E-state index contributed by atoms with van der Waals surface area (Å²) < 4.78 is 5.26. The zero-order valence-electron chi connectivity index (χ0n) is 14.9. The smallest absolute Gasteiger partial charge is 0.252 e. The number of hydrogen-bond donors (Lipinski definition) is 1. The number of methoxy groups -OCH3 is 1. The second-order valence-corrected chi connectivity index (χ2v) is 6.86. The Balaban J connectivity index is 1.72. The standard InChI is InChI=1S/C21H19BN2O2/c1-13-5-6-15(26-2)12-17(13)20(25)24-21(7-8-21)18-10-14(22)11-19-16(18)4-3-9-23-19/h3-6,9-12H,7-8H2,1-2H3,(H,24,25). The van der Waals surface area contributed by atoms with Crippen LogP contribution in [0.5, 0.6) is 5.75 Å². The number of ether oxygens (including phenoxy) is 1. The fourth-order valence-corrected chi connectivity index (χ4v) is 3.44. The van der Waals surface area contributed by atoms with Crippen LogP contribution < -0.4 is 15.5 Å². The molecule has 1 saturated carbocycles. The molecule has 0 saturated heterocycles. The van der Waals surface area contributed by atoms with Gasteiger partial charge in [0.2, 0.25) is 0 Å². The zero-order chi connectivity index (χ0) is 18.3. The first-order chi connectivity index (χ1) is 12.5. The molecule has 1 aliphatic carbocycles. The van der Waals surface area contributed by atoms with E-state index in [9.17, 15) is 4.79 Å². The first kappa shape index (κ1) is 16.6. The average molecular weight is 342 g/mol. The normalized spacial score (nSPS) is 14.8. The Kier molecular flexibility index (Phi) is 3.95. The third-order valence-electron chi connectivity index (χ3n) is 5.05. The first-order valence-electron chi connectivity index (χ1n) is 8.64. The van der Waals surface area contributed by atoms with Gasteiger partial charge in [-0.1, -0.05) is 23.7 Å². The summed E-state index contributed by atoms with van der Waals surface area (Å²) >= 11 is 0. The molecule has 0 bridgehead atoms. The highest BCUT2D eigenvalue weighted by Crippen LogP contribution is 2.47. The van der Waals surface area contributed by atoms with E-state index in [0.717, 1.165) is 34.9 Å². The van der Waals surface area contributed by atoms with Gasteiger partial charge in [-0.25, -0.2) is 0 Å². The van der Waals surface area contributed by atoms with E-state index in [2.05, 4.69) is 10.3 Å². The third-order valence-corrected chi connectivity index (χ3v) is 5.05. The molecule has 4 rings (SSSR count). The summed E-state index contributed by atoms with van der Waals surface area (Å²) in [5, 5.41) is 4.26. The minimum absolute atomic E-state index is 0.0987. The molecule has 3 aromatic rings. The second kappa shape index (κ2) is 6.17. The molecule has 1 aliphatic rings. The van der Waals surface area contributed by atoms with Gasteiger partial charge < -0.3 is 10.1 Å². The van der Waals surface area contributed by atoms with Crippen molar-refractivity contribution in [1.82, 2.24) is 10.3 Å². The number of fused-ring (bicyclic) bond motifs is 1. The SMILES string of the molecule is [B]c1cc(C2(NC(=O)c3cc(OC)ccc3C)CC2)c2cccnc2c1. The molecule has 0 unspecified atom stereocenters. The Hall–Kier alpha value is -2.82. The van der Waals surface area contributed by atoms with Crippen LogP contribution in [0, 0.1) is 6.92 Å². The Morgan fingerprint density at radius 3 is 2.77 bits per heavy atom. The lowest BCUT2D eigenvalue weighted by molar-refractivity contribution is 0.0930. The lowest BCUT2D eigenvalue weighted by Crippen LogP contribution is -2.36. The summed E-state index contributed by atoms with van der Waals surface area (Å²) in [4.78, 5) is 17.4. The Bertz CT molecular complexity index is 1010. The van der Waals surface area contributed by atoms with Crippen molar-refractivity contribution in [1.29, 1.82) is 0 Å². The molecule has 2 radical (unpaired) electrons. The van der Waals surface area contributed by atoms with Crippen LogP contribution in [0.2, 0.25) is 0 Å². The molecule has 1 heterocycles. The Morgan fingerprint density at radius 1 is 1.23 bits per heavy atom. The van der Waals surface area contributed by atoms with Crippen molar-refractivity contribution in [3.8, 4) is 5.75 Å². The number of pyridine rings is 1. The third kappa shape index (κ3) is 2.83. The molecule has 4 nitrogen and oxygen atoms in total. The fourth-order valence-electron chi connectivity index (χ4n) is 3.44. The van der Waals surface area contributed by atoms with Gasteiger partial charge in [-0.05, 0) is 55.2 Å². The number of carbonyl (C=O) groups excluding carboxylic acids is 1. The van der Waals surface area contributed by atoms with Crippen LogP contribution in [0.3, 0.4) is 0 Å². The van der Waals surface area contributed by atoms with Crippen molar-refractivity contribution in [3.05, 3.63) is 65.4 Å². The molecule has 5 heteroatoms. The summed E-state index contributed by atoms with van der Waals surface area (Å²) in [6.07, 6.45) is 3.52. The highest BCUT2D eigenvalue weighted by Gasteiger charge is 2.47. The van der Waals surface area contributed by atoms with Crippen molar-refractivity contribution < 1.29 is 9.53 Å². The lowest BCUT2D eigenvalue weighted by atomic mass is 9.88. The predicted octanol–water partition coefficient (Wildman–Crippen LogP) is 2.76. The minimum Gasteiger partial charge on any atom is -0.497 e. The maximum atomic E-state index is 13.0. The molecule has 0 aliphatic heterocycles. The summed E-state index contributed by atoms with van der Waals surface area (Å²) in [6.45, 7) is 1.92. The van der Waals surface area contributed by atoms with E-state index in [4.69, 9.17) is 12.6 Å². The van der Waals surface area contributed by atoms with Gasteiger partial charge in [0, 0.05) is 17.1 Å². The van der Waals surface area contributed by atoms with Crippen molar-refractivity contribution in [2.24, 2.45) is 0 Å². The van der Waals surface area contributed by atoms with Crippen LogP contribution in [0.4, 0.5) is 0 Å². The molecular formula is C21H19BN2O2. The number of amides is 1. The maximum Gasteiger partial charge on any atom is 0.252 e. The monoisotopic (exact) mass is 342 g/mol. The molecule has 1 aromatic heterocycles. The van der Waals surface area contributed by atoms with Gasteiger partial charge in [0.15, 0.2) is 0 Å². The number of benzene rings is 2. The van der Waals surface area contributed by atoms with Crippen LogP contribution >= 0.6 is 0 Å². The van der Waals surface area contributed by atoms with E-state index in [1.54, 1.807) is 19.4 Å². The number of aryl methyl sites for hydroxylation is 1. The van der Waals surface area contributed by atoms with Gasteiger partial charge in [-0.2, -0.15) is 0 Å². The number of hydrogen-bond acceptors (Lipinski definition) is 3. The predicted molar refractivity (Wildman–Crippen MR) is 103 cm³/mol. The molecule has 0 atom stereocenters. The Labute approximate surface area is 154 Å². The van der Waals surface area contributed by atoms with E-state index in [1.165, 1.54) is 0 Å². The highest BCUT2D eigenvalue weighted by molar-refractivity contribution is 6.33. The molecule has 1 N–H and O–H groups in total. The minimum atomic E-state index is -0.386. The average Bonchev–Trinajstić information content (AvgIpc) is 3.41. The van der Waals surface area contributed by atoms with Crippen LogP contribution in [-0.4, -0.2) is 25.8 Å². The number of carbonyl (C=O) groups is 1. The lowest BCUT2D eigenvalue weighted by Gasteiger charge is -2.21. The number of nitrogens with zero attached hydrogens (tertiary/aromatic N) is 1. The van der Waals surface area contributed by atoms with Crippen LogP contribution in [0.25, 0.3) is 10.9 Å². The summed E-state index contributed by atoms with van der Waals surface area (Å²) in [7, 11) is 7.68. The van der Waals surface area contributed by atoms with Gasteiger partial charge in [-0.15, -0.1) is 0 Å². The molecule has 1 amide bonds.